The van der Waals surface area contributed by atoms with Crippen molar-refractivity contribution in [1.29, 1.82) is 0 Å². The van der Waals surface area contributed by atoms with Crippen LogP contribution in [0.1, 0.15) is 0 Å². The Kier molecular flexibility index (Phi) is 6.41. The van der Waals surface area contributed by atoms with Crippen LogP contribution < -0.4 is 5.19 Å². The van der Waals surface area contributed by atoms with Crippen LogP contribution in [-0.2, 0) is 13.3 Å². The lowest BCUT2D eigenvalue weighted by molar-refractivity contribution is 0.140. The summed E-state index contributed by atoms with van der Waals surface area (Å²) in [6.45, 7) is 0. The molecule has 0 spiro atoms. The molecule has 0 amide bonds. The van der Waals surface area contributed by atoms with Gasteiger partial charge in [-0.3, -0.25) is 0 Å². The molecule has 2 aromatic carbocycles. The monoisotopic (exact) mass is 508 g/mol. The zero-order valence-corrected chi connectivity index (χ0v) is 18.1. The second-order valence-corrected chi connectivity index (χ2v) is 9.92. The second-order valence-electron chi connectivity index (χ2n) is 4.50. The summed E-state index contributed by atoms with van der Waals surface area (Å²) >= 11 is 10.6. The lowest BCUT2D eigenvalue weighted by Crippen LogP contribution is -2.54. The first kappa shape index (κ1) is 18.3. The fraction of sp³-hybridized carbons (Fsp3) is 0.200. The first-order valence-corrected chi connectivity index (χ1v) is 10.5. The van der Waals surface area contributed by atoms with Gasteiger partial charge < -0.3 is 13.3 Å². The Labute approximate surface area is 156 Å². The summed E-state index contributed by atoms with van der Waals surface area (Å²) in [5.41, 5.74) is 2.21. The molecule has 0 aliphatic heterocycles. The molecular formula is C15H15Br3O3Si. The Hall–Kier alpha value is -0.0231. The molecule has 2 rings (SSSR count). The predicted molar refractivity (Wildman–Crippen MR) is 101 cm³/mol. The molecule has 0 bridgehead atoms. The fourth-order valence-corrected chi connectivity index (χ4v) is 5.39. The van der Waals surface area contributed by atoms with E-state index in [9.17, 15) is 0 Å². The standard InChI is InChI=1S/C15H15Br3O3Si/c1-19-22(20-2,21-3)12-6-4-10(5-7-12)11-8-13(16)15(18)14(17)9-11/h4-9H,1-3H3. The van der Waals surface area contributed by atoms with E-state index in [0.717, 1.165) is 29.7 Å². The third kappa shape index (κ3) is 3.56. The van der Waals surface area contributed by atoms with Crippen LogP contribution in [0.5, 0.6) is 0 Å². The van der Waals surface area contributed by atoms with Crippen molar-refractivity contribution in [3.8, 4) is 11.1 Å². The molecule has 7 heteroatoms. The maximum Gasteiger partial charge on any atom is 0.536 e. The van der Waals surface area contributed by atoms with Crippen LogP contribution in [0.3, 0.4) is 0 Å². The molecule has 0 saturated heterocycles. The second kappa shape index (κ2) is 7.70. The molecule has 22 heavy (non-hydrogen) atoms. The van der Waals surface area contributed by atoms with Crippen molar-refractivity contribution in [2.75, 3.05) is 21.3 Å². The highest BCUT2D eigenvalue weighted by molar-refractivity contribution is 9.14. The number of hydrogen-bond donors (Lipinski definition) is 0. The normalized spacial score (nSPS) is 11.7. The van der Waals surface area contributed by atoms with Crippen molar-refractivity contribution in [3.05, 3.63) is 49.8 Å². The highest BCUT2D eigenvalue weighted by Gasteiger charge is 2.40. The van der Waals surface area contributed by atoms with Crippen LogP contribution in [-0.4, -0.2) is 30.1 Å². The van der Waals surface area contributed by atoms with E-state index in [1.165, 1.54) is 0 Å². The summed E-state index contributed by atoms with van der Waals surface area (Å²) in [4.78, 5) is 0. The molecule has 2 aromatic rings. The van der Waals surface area contributed by atoms with Gasteiger partial charge in [-0.2, -0.15) is 0 Å². The van der Waals surface area contributed by atoms with Crippen LogP contribution in [0.15, 0.2) is 49.8 Å². The van der Waals surface area contributed by atoms with Crippen molar-refractivity contribution in [3.63, 3.8) is 0 Å². The Balaban J connectivity index is 2.41. The molecule has 0 radical (unpaired) electrons. The minimum Gasteiger partial charge on any atom is -0.373 e. The number of rotatable bonds is 5. The maximum absolute atomic E-state index is 5.50. The number of halogens is 3. The van der Waals surface area contributed by atoms with Crippen molar-refractivity contribution < 1.29 is 13.3 Å². The largest absolute Gasteiger partial charge is 0.536 e. The van der Waals surface area contributed by atoms with Crippen molar-refractivity contribution >= 4 is 61.8 Å². The molecule has 0 aliphatic carbocycles. The summed E-state index contributed by atoms with van der Waals surface area (Å²) in [7, 11) is 2.05. The SMILES string of the molecule is CO[Si](OC)(OC)c1ccc(-c2cc(Br)c(Br)c(Br)c2)cc1. The first-order valence-electron chi connectivity index (χ1n) is 6.38. The van der Waals surface area contributed by atoms with Crippen LogP contribution >= 0.6 is 47.8 Å². The van der Waals surface area contributed by atoms with E-state index >= 15 is 0 Å². The zero-order chi connectivity index (χ0) is 16.3. The summed E-state index contributed by atoms with van der Waals surface area (Å²) in [6.07, 6.45) is 0. The summed E-state index contributed by atoms with van der Waals surface area (Å²) < 4.78 is 19.5. The molecule has 0 fully saturated rings. The van der Waals surface area contributed by atoms with Gasteiger partial charge in [-0.25, -0.2) is 0 Å². The lowest BCUT2D eigenvalue weighted by atomic mass is 10.1. The first-order chi connectivity index (χ1) is 10.5. The van der Waals surface area contributed by atoms with Crippen molar-refractivity contribution in [2.45, 2.75) is 0 Å². The number of hydrogen-bond acceptors (Lipinski definition) is 3. The quantitative estimate of drug-likeness (QED) is 0.430. The molecule has 0 aliphatic rings. The van der Waals surface area contributed by atoms with Gasteiger partial charge in [-0.1, -0.05) is 24.3 Å². The molecule has 118 valence electrons. The molecule has 3 nitrogen and oxygen atoms in total. The molecule has 0 N–H and O–H groups in total. The van der Waals surface area contributed by atoms with Gasteiger partial charge in [0.15, 0.2) is 0 Å². The molecule has 0 heterocycles. The van der Waals surface area contributed by atoms with Crippen LogP contribution in [0.2, 0.25) is 0 Å². The van der Waals surface area contributed by atoms with Gasteiger partial charge >= 0.3 is 8.80 Å². The van der Waals surface area contributed by atoms with E-state index < -0.39 is 8.80 Å². The van der Waals surface area contributed by atoms with Crippen molar-refractivity contribution in [2.24, 2.45) is 0 Å². The van der Waals surface area contributed by atoms with Gasteiger partial charge in [0, 0.05) is 39.9 Å². The van der Waals surface area contributed by atoms with E-state index in [-0.39, 0.29) is 0 Å². The maximum atomic E-state index is 5.50. The van der Waals surface area contributed by atoms with Crippen LogP contribution in [0.4, 0.5) is 0 Å². The van der Waals surface area contributed by atoms with E-state index in [1.54, 1.807) is 21.3 Å². The van der Waals surface area contributed by atoms with Gasteiger partial charge in [0.2, 0.25) is 0 Å². The minimum absolute atomic E-state index is 0.930. The Morgan fingerprint density at radius 1 is 0.727 bits per heavy atom. The predicted octanol–water partition coefficient (Wildman–Crippen LogP) is 4.73. The van der Waals surface area contributed by atoms with E-state index in [1.807, 2.05) is 24.3 Å². The van der Waals surface area contributed by atoms with E-state index in [4.69, 9.17) is 13.3 Å². The van der Waals surface area contributed by atoms with Crippen LogP contribution in [0.25, 0.3) is 11.1 Å². The van der Waals surface area contributed by atoms with Crippen molar-refractivity contribution in [1.82, 2.24) is 0 Å². The Morgan fingerprint density at radius 3 is 1.59 bits per heavy atom. The highest BCUT2D eigenvalue weighted by atomic mass is 79.9. The Morgan fingerprint density at radius 2 is 1.18 bits per heavy atom. The van der Waals surface area contributed by atoms with Gasteiger partial charge in [0.1, 0.15) is 0 Å². The van der Waals surface area contributed by atoms with Gasteiger partial charge in [0.25, 0.3) is 0 Å². The lowest BCUT2D eigenvalue weighted by Gasteiger charge is -2.24. The van der Waals surface area contributed by atoms with Gasteiger partial charge in [0.05, 0.1) is 0 Å². The zero-order valence-electron chi connectivity index (χ0n) is 12.3. The molecule has 0 aromatic heterocycles. The van der Waals surface area contributed by atoms with Gasteiger partial charge in [-0.05, 0) is 71.0 Å². The average molecular weight is 511 g/mol. The third-order valence-electron chi connectivity index (χ3n) is 3.36. The van der Waals surface area contributed by atoms with Gasteiger partial charge in [-0.15, -0.1) is 0 Å². The highest BCUT2D eigenvalue weighted by Crippen LogP contribution is 2.35. The smallest absolute Gasteiger partial charge is 0.373 e. The fourth-order valence-electron chi connectivity index (χ4n) is 2.19. The molecule has 0 saturated carbocycles. The molecular weight excluding hydrogens is 496 g/mol. The van der Waals surface area contributed by atoms with Crippen LogP contribution in [0, 0.1) is 0 Å². The number of benzene rings is 2. The third-order valence-corrected chi connectivity index (χ3v) is 9.18. The minimum atomic E-state index is -2.77. The summed E-state index contributed by atoms with van der Waals surface area (Å²) in [6, 6.07) is 12.2. The average Bonchev–Trinajstić information content (AvgIpc) is 2.55. The van der Waals surface area contributed by atoms with E-state index in [2.05, 4.69) is 59.9 Å². The Bertz CT molecular complexity index is 626. The molecule has 0 unspecified atom stereocenters. The van der Waals surface area contributed by atoms with E-state index in [0.29, 0.717) is 0 Å². The molecule has 0 atom stereocenters. The summed E-state index contributed by atoms with van der Waals surface area (Å²) in [5.74, 6) is 0. The summed E-state index contributed by atoms with van der Waals surface area (Å²) in [5, 5.41) is 0.930. The topological polar surface area (TPSA) is 27.7 Å².